The molecule has 1 unspecified atom stereocenters. The predicted octanol–water partition coefficient (Wildman–Crippen LogP) is 0.928. The van der Waals surface area contributed by atoms with E-state index in [1.807, 2.05) is 6.07 Å². The molecule has 0 spiro atoms. The molecule has 1 aliphatic heterocycles. The molecule has 3 heteroatoms. The zero-order chi connectivity index (χ0) is 10.8. The summed E-state index contributed by atoms with van der Waals surface area (Å²) in [6.45, 7) is 3.67. The highest BCUT2D eigenvalue weighted by Gasteiger charge is 2.26. The summed E-state index contributed by atoms with van der Waals surface area (Å²) in [6, 6.07) is 6.20. The van der Waals surface area contributed by atoms with Crippen LogP contribution in [0.2, 0.25) is 0 Å². The molecule has 1 aliphatic rings. The van der Waals surface area contributed by atoms with Crippen LogP contribution in [0.15, 0.2) is 18.2 Å². The van der Waals surface area contributed by atoms with Crippen molar-refractivity contribution < 1.29 is 4.79 Å². The van der Waals surface area contributed by atoms with Gasteiger partial charge in [0.15, 0.2) is 0 Å². The van der Waals surface area contributed by atoms with Crippen molar-refractivity contribution in [2.24, 2.45) is 0 Å². The third kappa shape index (κ3) is 1.75. The zero-order valence-corrected chi connectivity index (χ0v) is 9.13. The quantitative estimate of drug-likeness (QED) is 0.714. The predicted molar refractivity (Wildman–Crippen MR) is 59.7 cm³/mol. The lowest BCUT2D eigenvalue weighted by Gasteiger charge is -2.26. The van der Waals surface area contributed by atoms with Gasteiger partial charge in [-0.25, -0.2) is 0 Å². The van der Waals surface area contributed by atoms with Gasteiger partial charge in [0, 0.05) is 20.1 Å². The van der Waals surface area contributed by atoms with Gasteiger partial charge in [0.05, 0.1) is 5.92 Å². The van der Waals surface area contributed by atoms with Gasteiger partial charge in [0.25, 0.3) is 0 Å². The Balaban J connectivity index is 2.45. The molecule has 80 valence electrons. The Morgan fingerprint density at radius 2 is 2.33 bits per heavy atom. The van der Waals surface area contributed by atoms with E-state index >= 15 is 0 Å². The molecule has 0 saturated carbocycles. The zero-order valence-electron chi connectivity index (χ0n) is 9.13. The monoisotopic (exact) mass is 204 g/mol. The first kappa shape index (κ1) is 10.2. The van der Waals surface area contributed by atoms with E-state index < -0.39 is 0 Å². The number of fused-ring (bicyclic) bond motifs is 1. The highest BCUT2D eigenvalue weighted by molar-refractivity contribution is 5.84. The van der Waals surface area contributed by atoms with Gasteiger partial charge in [-0.3, -0.25) is 4.79 Å². The Hall–Kier alpha value is -1.35. The third-order valence-corrected chi connectivity index (χ3v) is 2.99. The highest BCUT2D eigenvalue weighted by Crippen LogP contribution is 2.27. The summed E-state index contributed by atoms with van der Waals surface area (Å²) in [7, 11) is 1.69. The van der Waals surface area contributed by atoms with E-state index in [2.05, 4.69) is 29.7 Å². The van der Waals surface area contributed by atoms with Crippen LogP contribution in [-0.2, 0) is 11.3 Å². The van der Waals surface area contributed by atoms with Gasteiger partial charge >= 0.3 is 0 Å². The van der Waals surface area contributed by atoms with E-state index in [-0.39, 0.29) is 11.8 Å². The summed E-state index contributed by atoms with van der Waals surface area (Å²) < 4.78 is 0. The second-order valence-electron chi connectivity index (χ2n) is 3.95. The second kappa shape index (κ2) is 4.03. The Bertz CT molecular complexity index is 387. The first-order valence-electron chi connectivity index (χ1n) is 5.24. The molecular weight excluding hydrogens is 188 g/mol. The molecule has 3 nitrogen and oxygen atoms in total. The minimum Gasteiger partial charge on any atom is -0.359 e. The maximum atomic E-state index is 11.7. The van der Waals surface area contributed by atoms with Gasteiger partial charge in [-0.1, -0.05) is 18.2 Å². The van der Waals surface area contributed by atoms with Crippen LogP contribution in [0.4, 0.5) is 0 Å². The number of likely N-dealkylation sites (N-methyl/N-ethyl adjacent to an activating group) is 1. The Kier molecular flexibility index (Phi) is 2.73. The van der Waals surface area contributed by atoms with Crippen molar-refractivity contribution in [2.45, 2.75) is 19.4 Å². The number of nitrogens with one attached hydrogen (secondary N) is 2. The molecule has 0 aromatic heterocycles. The third-order valence-electron chi connectivity index (χ3n) is 2.99. The van der Waals surface area contributed by atoms with E-state index in [0.29, 0.717) is 0 Å². The van der Waals surface area contributed by atoms with E-state index in [0.717, 1.165) is 13.1 Å². The summed E-state index contributed by atoms with van der Waals surface area (Å²) in [5.74, 6) is 0.0534. The van der Waals surface area contributed by atoms with E-state index in [4.69, 9.17) is 0 Å². The molecule has 0 aliphatic carbocycles. The van der Waals surface area contributed by atoms with Crippen LogP contribution in [0.25, 0.3) is 0 Å². The number of hydrogen-bond donors (Lipinski definition) is 2. The number of hydrogen-bond acceptors (Lipinski definition) is 2. The number of amides is 1. The Labute approximate surface area is 89.9 Å². The highest BCUT2D eigenvalue weighted by atomic mass is 16.1. The van der Waals surface area contributed by atoms with Crippen molar-refractivity contribution in [3.8, 4) is 0 Å². The van der Waals surface area contributed by atoms with Crippen LogP contribution in [0.3, 0.4) is 0 Å². The van der Waals surface area contributed by atoms with Crippen LogP contribution in [0.5, 0.6) is 0 Å². The van der Waals surface area contributed by atoms with Gasteiger partial charge in [-0.2, -0.15) is 0 Å². The molecule has 0 radical (unpaired) electrons. The lowest BCUT2D eigenvalue weighted by molar-refractivity contribution is -0.122. The Morgan fingerprint density at radius 3 is 3.07 bits per heavy atom. The van der Waals surface area contributed by atoms with E-state index in [9.17, 15) is 4.79 Å². The van der Waals surface area contributed by atoms with Crippen LogP contribution in [-0.4, -0.2) is 19.5 Å². The SMILES string of the molecule is CNC(=O)C1CNCc2cccc(C)c21. The molecule has 1 amide bonds. The molecule has 0 bridgehead atoms. The van der Waals surface area contributed by atoms with Crippen molar-refractivity contribution in [1.29, 1.82) is 0 Å². The van der Waals surface area contributed by atoms with Gasteiger partial charge < -0.3 is 10.6 Å². The van der Waals surface area contributed by atoms with E-state index in [1.54, 1.807) is 7.05 Å². The molecule has 2 rings (SSSR count). The summed E-state index contributed by atoms with van der Waals surface area (Å²) >= 11 is 0. The number of aryl methyl sites for hydroxylation is 1. The first-order chi connectivity index (χ1) is 7.24. The van der Waals surface area contributed by atoms with E-state index in [1.165, 1.54) is 16.7 Å². The van der Waals surface area contributed by atoms with Gasteiger partial charge in [0.2, 0.25) is 5.91 Å². The maximum absolute atomic E-state index is 11.7. The largest absolute Gasteiger partial charge is 0.359 e. The minimum absolute atomic E-state index is 0.0417. The fourth-order valence-corrected chi connectivity index (χ4v) is 2.25. The summed E-state index contributed by atoms with van der Waals surface area (Å²) in [5.41, 5.74) is 3.66. The molecular formula is C12H16N2O. The minimum atomic E-state index is -0.0417. The fourth-order valence-electron chi connectivity index (χ4n) is 2.25. The second-order valence-corrected chi connectivity index (χ2v) is 3.95. The summed E-state index contributed by atoms with van der Waals surface area (Å²) in [6.07, 6.45) is 0. The van der Waals surface area contributed by atoms with Crippen molar-refractivity contribution in [1.82, 2.24) is 10.6 Å². The maximum Gasteiger partial charge on any atom is 0.228 e. The Morgan fingerprint density at radius 1 is 1.53 bits per heavy atom. The number of benzene rings is 1. The van der Waals surface area contributed by atoms with Crippen molar-refractivity contribution >= 4 is 5.91 Å². The van der Waals surface area contributed by atoms with Crippen LogP contribution >= 0.6 is 0 Å². The van der Waals surface area contributed by atoms with Crippen LogP contribution in [0, 0.1) is 6.92 Å². The number of carbonyl (C=O) groups excluding carboxylic acids is 1. The normalized spacial score (nSPS) is 19.5. The molecule has 1 atom stereocenters. The van der Waals surface area contributed by atoms with Gasteiger partial charge in [-0.05, 0) is 23.6 Å². The molecule has 0 saturated heterocycles. The first-order valence-corrected chi connectivity index (χ1v) is 5.24. The molecule has 1 aromatic rings. The average molecular weight is 204 g/mol. The van der Waals surface area contributed by atoms with Gasteiger partial charge in [-0.15, -0.1) is 0 Å². The van der Waals surface area contributed by atoms with Crippen molar-refractivity contribution in [3.63, 3.8) is 0 Å². The molecule has 1 heterocycles. The number of carbonyl (C=O) groups is 1. The van der Waals surface area contributed by atoms with Crippen LogP contribution < -0.4 is 10.6 Å². The van der Waals surface area contributed by atoms with Crippen molar-refractivity contribution in [2.75, 3.05) is 13.6 Å². The standard InChI is InChI=1S/C12H16N2O/c1-8-4-3-5-9-6-14-7-10(11(8)9)12(15)13-2/h3-5,10,14H,6-7H2,1-2H3,(H,13,15). The summed E-state index contributed by atoms with van der Waals surface area (Å²) in [5, 5.41) is 6.00. The van der Waals surface area contributed by atoms with Crippen molar-refractivity contribution in [3.05, 3.63) is 34.9 Å². The number of rotatable bonds is 1. The fraction of sp³-hybridized carbons (Fsp3) is 0.417. The topological polar surface area (TPSA) is 41.1 Å². The lowest BCUT2D eigenvalue weighted by atomic mass is 9.87. The molecule has 1 aromatic carbocycles. The molecule has 2 N–H and O–H groups in total. The van der Waals surface area contributed by atoms with Gasteiger partial charge in [0.1, 0.15) is 0 Å². The average Bonchev–Trinajstić information content (AvgIpc) is 2.28. The van der Waals surface area contributed by atoms with Crippen LogP contribution in [0.1, 0.15) is 22.6 Å². The smallest absolute Gasteiger partial charge is 0.228 e. The summed E-state index contributed by atoms with van der Waals surface area (Å²) in [4.78, 5) is 11.7. The lowest BCUT2D eigenvalue weighted by Crippen LogP contribution is -2.38. The molecule has 0 fully saturated rings. The molecule has 15 heavy (non-hydrogen) atoms.